The average Bonchev–Trinajstić information content (AvgIpc) is 2.60. The standard InChI is InChI=1S/C17H22N4O4/c1-12-3-2-7-19(10-12)14-5-4-13(9-15(14)21(24)25)17(23)20-8-6-18-16(22)11-20/h4-5,9,12H,2-3,6-8,10-11H2,1H3,(H,18,22)/t12-/m1/s1. The van der Waals surface area contributed by atoms with Crippen LogP contribution in [0.2, 0.25) is 0 Å². The Kier molecular flexibility index (Phi) is 4.87. The van der Waals surface area contributed by atoms with Gasteiger partial charge in [-0.2, -0.15) is 0 Å². The van der Waals surface area contributed by atoms with Crippen LogP contribution in [0.1, 0.15) is 30.1 Å². The second-order valence-electron chi connectivity index (χ2n) is 6.73. The number of carbonyl (C=O) groups is 2. The van der Waals surface area contributed by atoms with Crippen molar-refractivity contribution in [1.82, 2.24) is 10.2 Å². The van der Waals surface area contributed by atoms with Crippen LogP contribution in [0.25, 0.3) is 0 Å². The fourth-order valence-corrected chi connectivity index (χ4v) is 3.47. The lowest BCUT2D eigenvalue weighted by molar-refractivity contribution is -0.384. The maximum Gasteiger partial charge on any atom is 0.293 e. The lowest BCUT2D eigenvalue weighted by atomic mass is 9.99. The summed E-state index contributed by atoms with van der Waals surface area (Å²) < 4.78 is 0. The van der Waals surface area contributed by atoms with Crippen LogP contribution in [0.4, 0.5) is 11.4 Å². The molecular formula is C17H22N4O4. The van der Waals surface area contributed by atoms with Crippen LogP contribution < -0.4 is 10.2 Å². The number of anilines is 1. The summed E-state index contributed by atoms with van der Waals surface area (Å²) in [6.07, 6.45) is 2.12. The summed E-state index contributed by atoms with van der Waals surface area (Å²) in [6, 6.07) is 4.62. The van der Waals surface area contributed by atoms with Gasteiger partial charge >= 0.3 is 0 Å². The van der Waals surface area contributed by atoms with Crippen molar-refractivity contribution in [3.8, 4) is 0 Å². The molecule has 0 aromatic heterocycles. The molecule has 2 fully saturated rings. The number of nitrogens with one attached hydrogen (secondary N) is 1. The fraction of sp³-hybridized carbons (Fsp3) is 0.529. The van der Waals surface area contributed by atoms with E-state index in [1.54, 1.807) is 12.1 Å². The van der Waals surface area contributed by atoms with Crippen LogP contribution in [0.3, 0.4) is 0 Å². The van der Waals surface area contributed by atoms with Gasteiger partial charge < -0.3 is 15.1 Å². The number of hydrogen-bond acceptors (Lipinski definition) is 5. The zero-order valence-electron chi connectivity index (χ0n) is 14.2. The van der Waals surface area contributed by atoms with Gasteiger partial charge in [-0.1, -0.05) is 6.92 Å². The summed E-state index contributed by atoms with van der Waals surface area (Å²) in [5.41, 5.74) is 0.751. The molecule has 0 unspecified atom stereocenters. The Morgan fingerprint density at radius 1 is 1.36 bits per heavy atom. The van der Waals surface area contributed by atoms with Gasteiger partial charge in [0.25, 0.3) is 11.6 Å². The summed E-state index contributed by atoms with van der Waals surface area (Å²) in [5, 5.41) is 14.2. The predicted octanol–water partition coefficient (Wildman–Crippen LogP) is 1.40. The maximum atomic E-state index is 12.6. The lowest BCUT2D eigenvalue weighted by Gasteiger charge is -2.32. The third-order valence-electron chi connectivity index (χ3n) is 4.74. The van der Waals surface area contributed by atoms with Crippen LogP contribution in [-0.4, -0.2) is 54.4 Å². The Morgan fingerprint density at radius 2 is 2.16 bits per heavy atom. The number of piperidine rings is 1. The number of benzene rings is 1. The first-order chi connectivity index (χ1) is 12.0. The van der Waals surface area contributed by atoms with E-state index in [9.17, 15) is 19.7 Å². The van der Waals surface area contributed by atoms with Gasteiger partial charge in [0.15, 0.2) is 0 Å². The van der Waals surface area contributed by atoms with Crippen molar-refractivity contribution < 1.29 is 14.5 Å². The molecule has 8 nitrogen and oxygen atoms in total. The van der Waals surface area contributed by atoms with Crippen LogP contribution in [0.15, 0.2) is 18.2 Å². The molecule has 1 aromatic rings. The molecule has 0 saturated carbocycles. The van der Waals surface area contributed by atoms with E-state index in [2.05, 4.69) is 12.2 Å². The monoisotopic (exact) mass is 346 g/mol. The van der Waals surface area contributed by atoms with Gasteiger partial charge in [0.05, 0.1) is 11.5 Å². The Balaban J connectivity index is 1.87. The second-order valence-corrected chi connectivity index (χ2v) is 6.73. The van der Waals surface area contributed by atoms with Gasteiger partial charge in [-0.3, -0.25) is 19.7 Å². The van der Waals surface area contributed by atoms with E-state index in [-0.39, 0.29) is 29.6 Å². The molecule has 2 saturated heterocycles. The predicted molar refractivity (Wildman–Crippen MR) is 92.6 cm³/mol. The van der Waals surface area contributed by atoms with Gasteiger partial charge in [-0.15, -0.1) is 0 Å². The third kappa shape index (κ3) is 3.72. The molecule has 3 rings (SSSR count). The summed E-state index contributed by atoms with van der Waals surface area (Å²) in [5.74, 6) is -0.0777. The van der Waals surface area contributed by atoms with E-state index in [0.717, 1.165) is 25.9 Å². The number of hydrogen-bond donors (Lipinski definition) is 1. The van der Waals surface area contributed by atoms with E-state index in [0.29, 0.717) is 24.7 Å². The SMILES string of the molecule is C[C@@H]1CCCN(c2ccc(C(=O)N3CCNC(=O)C3)cc2[N+](=O)[O-])C1. The number of nitro benzene ring substituents is 1. The highest BCUT2D eigenvalue weighted by atomic mass is 16.6. The van der Waals surface area contributed by atoms with Crippen molar-refractivity contribution in [2.24, 2.45) is 5.92 Å². The molecule has 1 aromatic carbocycles. The Bertz CT molecular complexity index is 706. The summed E-state index contributed by atoms with van der Waals surface area (Å²) in [6.45, 7) is 4.49. The van der Waals surface area contributed by atoms with Gasteiger partial charge in [0.1, 0.15) is 5.69 Å². The summed E-state index contributed by atoms with van der Waals surface area (Å²) in [4.78, 5) is 38.6. The molecule has 0 spiro atoms. The number of amides is 2. The highest BCUT2D eigenvalue weighted by Crippen LogP contribution is 2.32. The smallest absolute Gasteiger partial charge is 0.293 e. The van der Waals surface area contributed by atoms with Gasteiger partial charge in [-0.05, 0) is 30.9 Å². The lowest BCUT2D eigenvalue weighted by Crippen LogP contribution is -2.50. The van der Waals surface area contributed by atoms with Crippen LogP contribution in [-0.2, 0) is 4.79 Å². The third-order valence-corrected chi connectivity index (χ3v) is 4.74. The number of nitrogens with zero attached hydrogens (tertiary/aromatic N) is 3. The minimum Gasteiger partial charge on any atom is -0.366 e. The first kappa shape index (κ1) is 17.2. The zero-order chi connectivity index (χ0) is 18.0. The Labute approximate surface area is 145 Å². The second kappa shape index (κ2) is 7.08. The van der Waals surface area contributed by atoms with Gasteiger partial charge in [0.2, 0.25) is 5.91 Å². The van der Waals surface area contributed by atoms with Crippen molar-refractivity contribution >= 4 is 23.2 Å². The first-order valence-electron chi connectivity index (χ1n) is 8.55. The van der Waals surface area contributed by atoms with Crippen molar-refractivity contribution in [3.63, 3.8) is 0 Å². The van der Waals surface area contributed by atoms with Gasteiger partial charge in [-0.25, -0.2) is 0 Å². The van der Waals surface area contributed by atoms with Crippen LogP contribution >= 0.6 is 0 Å². The normalized spacial score (nSPS) is 21.0. The quantitative estimate of drug-likeness (QED) is 0.659. The highest BCUT2D eigenvalue weighted by molar-refractivity contribution is 5.98. The average molecular weight is 346 g/mol. The number of carbonyl (C=O) groups excluding carboxylic acids is 2. The molecule has 2 aliphatic heterocycles. The molecule has 2 amide bonds. The summed E-state index contributed by atoms with van der Waals surface area (Å²) >= 11 is 0. The van der Waals surface area contributed by atoms with Crippen molar-refractivity contribution in [3.05, 3.63) is 33.9 Å². The van der Waals surface area contributed by atoms with E-state index in [1.165, 1.54) is 11.0 Å². The number of rotatable bonds is 3. The van der Waals surface area contributed by atoms with E-state index in [4.69, 9.17) is 0 Å². The van der Waals surface area contributed by atoms with Crippen molar-refractivity contribution in [2.75, 3.05) is 37.6 Å². The number of piperazine rings is 1. The fourth-order valence-electron chi connectivity index (χ4n) is 3.47. The van der Waals surface area contributed by atoms with E-state index >= 15 is 0 Å². The Morgan fingerprint density at radius 3 is 2.84 bits per heavy atom. The molecule has 2 heterocycles. The summed E-state index contributed by atoms with van der Waals surface area (Å²) in [7, 11) is 0. The highest BCUT2D eigenvalue weighted by Gasteiger charge is 2.27. The molecule has 0 radical (unpaired) electrons. The first-order valence-corrected chi connectivity index (χ1v) is 8.55. The Hall–Kier alpha value is -2.64. The van der Waals surface area contributed by atoms with Crippen LogP contribution in [0.5, 0.6) is 0 Å². The molecule has 8 heteroatoms. The van der Waals surface area contributed by atoms with Crippen molar-refractivity contribution in [1.29, 1.82) is 0 Å². The molecular weight excluding hydrogens is 324 g/mol. The van der Waals surface area contributed by atoms with Crippen molar-refractivity contribution in [2.45, 2.75) is 19.8 Å². The molecule has 25 heavy (non-hydrogen) atoms. The molecule has 134 valence electrons. The topological polar surface area (TPSA) is 95.8 Å². The molecule has 0 bridgehead atoms. The van der Waals surface area contributed by atoms with E-state index in [1.807, 2.05) is 4.90 Å². The molecule has 0 aliphatic carbocycles. The van der Waals surface area contributed by atoms with Crippen LogP contribution in [0, 0.1) is 16.0 Å². The molecule has 1 N–H and O–H groups in total. The zero-order valence-corrected chi connectivity index (χ0v) is 14.2. The molecule has 2 aliphatic rings. The number of nitro groups is 1. The largest absolute Gasteiger partial charge is 0.366 e. The van der Waals surface area contributed by atoms with Gasteiger partial charge in [0, 0.05) is 37.8 Å². The van der Waals surface area contributed by atoms with E-state index < -0.39 is 4.92 Å². The minimum atomic E-state index is -0.436. The molecule has 1 atom stereocenters. The minimum absolute atomic E-state index is 0.0159. The maximum absolute atomic E-state index is 12.6.